The van der Waals surface area contributed by atoms with Crippen LogP contribution >= 0.6 is 0 Å². The van der Waals surface area contributed by atoms with Crippen LogP contribution in [0.3, 0.4) is 0 Å². The van der Waals surface area contributed by atoms with E-state index >= 15 is 0 Å². The van der Waals surface area contributed by atoms with E-state index < -0.39 is 0 Å². The lowest BCUT2D eigenvalue weighted by molar-refractivity contribution is 0.159. The van der Waals surface area contributed by atoms with Crippen LogP contribution in [0.15, 0.2) is 0 Å². The van der Waals surface area contributed by atoms with Gasteiger partial charge in [-0.25, -0.2) is 0 Å². The Kier molecular flexibility index (Phi) is 9.59. The fourth-order valence-corrected chi connectivity index (χ4v) is 3.60. The maximum atomic E-state index is 5.58. The van der Waals surface area contributed by atoms with Crippen LogP contribution in [0.5, 0.6) is 0 Å². The summed E-state index contributed by atoms with van der Waals surface area (Å²) in [6, 6.07) is 0. The Labute approximate surface area is 127 Å². The lowest BCUT2D eigenvalue weighted by Crippen LogP contribution is -2.23. The Morgan fingerprint density at radius 1 is 0.750 bits per heavy atom. The van der Waals surface area contributed by atoms with E-state index in [1.807, 2.05) is 0 Å². The second kappa shape index (κ2) is 10.7. The molecule has 0 N–H and O–H groups in total. The van der Waals surface area contributed by atoms with Gasteiger partial charge in [0.25, 0.3) is 0 Å². The van der Waals surface area contributed by atoms with Gasteiger partial charge in [-0.05, 0) is 31.1 Å². The van der Waals surface area contributed by atoms with Gasteiger partial charge in [-0.1, -0.05) is 78.6 Å². The molecule has 1 heteroatoms. The first kappa shape index (κ1) is 18.0. The van der Waals surface area contributed by atoms with Crippen molar-refractivity contribution in [3.63, 3.8) is 0 Å². The van der Waals surface area contributed by atoms with Gasteiger partial charge in [0.15, 0.2) is 0 Å². The van der Waals surface area contributed by atoms with Gasteiger partial charge in [0, 0.05) is 0 Å². The fourth-order valence-electron chi connectivity index (χ4n) is 3.60. The van der Waals surface area contributed by atoms with E-state index in [9.17, 15) is 0 Å². The van der Waals surface area contributed by atoms with Crippen molar-refractivity contribution in [3.8, 4) is 0 Å². The first-order valence-corrected chi connectivity index (χ1v) is 9.38. The van der Waals surface area contributed by atoms with Crippen LogP contribution in [0, 0.1) is 5.41 Å². The molecule has 0 aromatic rings. The molecule has 1 aliphatic heterocycles. The van der Waals surface area contributed by atoms with Gasteiger partial charge in [0.1, 0.15) is 0 Å². The maximum Gasteiger partial charge on any atom is 0.0815 e. The molecule has 0 amide bonds. The van der Waals surface area contributed by atoms with Crippen LogP contribution in [0.2, 0.25) is 0 Å². The second-order valence-electron chi connectivity index (χ2n) is 7.03. The van der Waals surface area contributed by atoms with E-state index in [4.69, 9.17) is 4.74 Å². The molecule has 0 aromatic heterocycles. The Morgan fingerprint density at radius 3 is 1.45 bits per heavy atom. The molecular weight excluding hydrogens is 244 g/mol. The standard InChI is InChI=1S/C19H38O/c1-4-7-10-13-19(14-11-8-5-2,15-12-9-6-3)16-18-17-20-18/h18H,4-17H2,1-3H3. The molecule has 1 rings (SSSR count). The van der Waals surface area contributed by atoms with Crippen LogP contribution in [-0.4, -0.2) is 12.7 Å². The quantitative estimate of drug-likeness (QED) is 0.261. The SMILES string of the molecule is CCCCCC(CCCCC)(CCCCC)CC1CO1. The van der Waals surface area contributed by atoms with Crippen molar-refractivity contribution >= 4 is 0 Å². The monoisotopic (exact) mass is 282 g/mol. The Hall–Kier alpha value is -0.0400. The zero-order valence-electron chi connectivity index (χ0n) is 14.4. The Bertz CT molecular complexity index is 193. The predicted octanol–water partition coefficient (Wildman–Crippen LogP) is 6.50. The van der Waals surface area contributed by atoms with Crippen LogP contribution < -0.4 is 0 Å². The van der Waals surface area contributed by atoms with Crippen molar-refractivity contribution in [3.05, 3.63) is 0 Å². The predicted molar refractivity (Wildman–Crippen MR) is 89.2 cm³/mol. The van der Waals surface area contributed by atoms with Crippen molar-refractivity contribution in [1.29, 1.82) is 0 Å². The molecule has 0 saturated carbocycles. The van der Waals surface area contributed by atoms with Crippen LogP contribution in [-0.2, 0) is 4.74 Å². The molecule has 0 radical (unpaired) electrons. The molecule has 1 aliphatic rings. The number of hydrogen-bond acceptors (Lipinski definition) is 1. The van der Waals surface area contributed by atoms with Gasteiger partial charge in [-0.15, -0.1) is 0 Å². The maximum absolute atomic E-state index is 5.58. The molecule has 120 valence electrons. The fraction of sp³-hybridized carbons (Fsp3) is 1.00. The third-order valence-corrected chi connectivity index (χ3v) is 5.00. The smallest absolute Gasteiger partial charge is 0.0815 e. The van der Waals surface area contributed by atoms with Crippen molar-refractivity contribution in [2.75, 3.05) is 6.61 Å². The minimum Gasteiger partial charge on any atom is -0.373 e. The summed E-state index contributed by atoms with van der Waals surface area (Å²) in [7, 11) is 0. The minimum atomic E-state index is 0.611. The molecule has 0 aliphatic carbocycles. The van der Waals surface area contributed by atoms with Gasteiger partial charge >= 0.3 is 0 Å². The molecule has 0 bridgehead atoms. The normalized spacial score (nSPS) is 18.4. The topological polar surface area (TPSA) is 12.5 Å². The van der Waals surface area contributed by atoms with Crippen molar-refractivity contribution in [2.24, 2.45) is 5.41 Å². The average Bonchev–Trinajstić information content (AvgIpc) is 3.23. The summed E-state index contributed by atoms with van der Waals surface area (Å²) >= 11 is 0. The lowest BCUT2D eigenvalue weighted by atomic mass is 9.71. The van der Waals surface area contributed by atoms with E-state index in [1.165, 1.54) is 83.5 Å². The van der Waals surface area contributed by atoms with Gasteiger partial charge < -0.3 is 4.74 Å². The third-order valence-electron chi connectivity index (χ3n) is 5.00. The highest BCUT2D eigenvalue weighted by molar-refractivity contribution is 4.86. The Balaban J connectivity index is 2.51. The summed E-state index contributed by atoms with van der Waals surface area (Å²) in [6.45, 7) is 8.00. The molecule has 1 atom stereocenters. The molecule has 1 heterocycles. The lowest BCUT2D eigenvalue weighted by Gasteiger charge is -2.34. The van der Waals surface area contributed by atoms with Crippen LogP contribution in [0.4, 0.5) is 0 Å². The molecule has 1 saturated heterocycles. The summed E-state index contributed by atoms with van der Waals surface area (Å²) in [5.41, 5.74) is 0.612. The van der Waals surface area contributed by atoms with Gasteiger partial charge in [0.05, 0.1) is 12.7 Å². The van der Waals surface area contributed by atoms with Crippen molar-refractivity contribution in [2.45, 2.75) is 110 Å². The zero-order valence-corrected chi connectivity index (χ0v) is 14.4. The third kappa shape index (κ3) is 7.67. The average molecular weight is 283 g/mol. The second-order valence-corrected chi connectivity index (χ2v) is 7.03. The summed E-state index contributed by atoms with van der Waals surface area (Å²) in [6.07, 6.45) is 18.9. The number of ether oxygens (including phenoxy) is 1. The summed E-state index contributed by atoms with van der Waals surface area (Å²) in [5.74, 6) is 0. The van der Waals surface area contributed by atoms with Crippen LogP contribution in [0.1, 0.15) is 104 Å². The van der Waals surface area contributed by atoms with Crippen LogP contribution in [0.25, 0.3) is 0 Å². The Morgan fingerprint density at radius 2 is 1.15 bits per heavy atom. The molecular formula is C19H38O. The molecule has 20 heavy (non-hydrogen) atoms. The van der Waals surface area contributed by atoms with E-state index in [0.29, 0.717) is 11.5 Å². The van der Waals surface area contributed by atoms with E-state index in [-0.39, 0.29) is 0 Å². The summed E-state index contributed by atoms with van der Waals surface area (Å²) in [5, 5.41) is 0. The molecule has 1 nitrogen and oxygen atoms in total. The number of epoxide rings is 1. The van der Waals surface area contributed by atoms with Gasteiger partial charge in [-0.2, -0.15) is 0 Å². The van der Waals surface area contributed by atoms with Gasteiger partial charge in [0.2, 0.25) is 0 Å². The number of unbranched alkanes of at least 4 members (excludes halogenated alkanes) is 6. The van der Waals surface area contributed by atoms with Crippen molar-refractivity contribution in [1.82, 2.24) is 0 Å². The highest BCUT2D eigenvalue weighted by atomic mass is 16.6. The highest BCUT2D eigenvalue weighted by Crippen LogP contribution is 2.43. The zero-order chi connectivity index (χ0) is 14.7. The highest BCUT2D eigenvalue weighted by Gasteiger charge is 2.36. The molecule has 0 aromatic carbocycles. The first-order chi connectivity index (χ1) is 9.76. The number of hydrogen-bond donors (Lipinski definition) is 0. The number of rotatable bonds is 14. The van der Waals surface area contributed by atoms with Gasteiger partial charge in [-0.3, -0.25) is 0 Å². The van der Waals surface area contributed by atoms with E-state index in [1.54, 1.807) is 0 Å². The van der Waals surface area contributed by atoms with E-state index in [2.05, 4.69) is 20.8 Å². The minimum absolute atomic E-state index is 0.611. The van der Waals surface area contributed by atoms with E-state index in [0.717, 1.165) is 6.61 Å². The summed E-state index contributed by atoms with van der Waals surface area (Å²) < 4.78 is 5.58. The first-order valence-electron chi connectivity index (χ1n) is 9.38. The summed E-state index contributed by atoms with van der Waals surface area (Å²) in [4.78, 5) is 0. The molecule has 0 spiro atoms. The molecule has 1 unspecified atom stereocenters. The van der Waals surface area contributed by atoms with Crippen molar-refractivity contribution < 1.29 is 4.74 Å². The molecule has 1 fully saturated rings. The largest absolute Gasteiger partial charge is 0.373 e.